The molecule has 0 saturated carbocycles. The second-order valence-electron chi connectivity index (χ2n) is 5.95. The average Bonchev–Trinajstić information content (AvgIpc) is 3.08. The van der Waals surface area contributed by atoms with Gasteiger partial charge in [-0.2, -0.15) is 0 Å². The van der Waals surface area contributed by atoms with Gasteiger partial charge in [0, 0.05) is 29.1 Å². The first-order valence-electron chi connectivity index (χ1n) is 8.15. The van der Waals surface area contributed by atoms with Gasteiger partial charge in [-0.05, 0) is 41.5 Å². The number of aromatic amines is 1. The highest BCUT2D eigenvalue weighted by Gasteiger charge is 2.23. The molecule has 0 saturated heterocycles. The second kappa shape index (κ2) is 7.39. The zero-order chi connectivity index (χ0) is 18.7. The summed E-state index contributed by atoms with van der Waals surface area (Å²) < 4.78 is 16.0. The molecule has 3 rings (SSSR count). The molecular formula is C20H21NO5. The number of ether oxygens (including phenoxy) is 3. The van der Waals surface area contributed by atoms with Crippen molar-refractivity contribution in [1.82, 2.24) is 4.98 Å². The van der Waals surface area contributed by atoms with E-state index in [9.17, 15) is 9.90 Å². The highest BCUT2D eigenvalue weighted by molar-refractivity contribution is 5.86. The molecule has 0 aliphatic rings. The van der Waals surface area contributed by atoms with Crippen molar-refractivity contribution in [2.75, 3.05) is 21.3 Å². The zero-order valence-corrected chi connectivity index (χ0v) is 14.9. The lowest BCUT2D eigenvalue weighted by Gasteiger charge is -2.17. The van der Waals surface area contributed by atoms with Gasteiger partial charge in [0.15, 0.2) is 0 Å². The molecule has 1 heterocycles. The number of benzene rings is 2. The fourth-order valence-corrected chi connectivity index (χ4v) is 3.15. The number of fused-ring (bicyclic) bond motifs is 1. The Bertz CT molecular complexity index is 909. The van der Waals surface area contributed by atoms with Crippen molar-refractivity contribution in [3.05, 3.63) is 53.7 Å². The molecule has 6 heteroatoms. The highest BCUT2D eigenvalue weighted by atomic mass is 16.5. The van der Waals surface area contributed by atoms with Gasteiger partial charge in [-0.3, -0.25) is 4.79 Å². The minimum absolute atomic E-state index is 0.0551. The maximum Gasteiger partial charge on any atom is 0.304 e. The summed E-state index contributed by atoms with van der Waals surface area (Å²) in [5, 5.41) is 10.4. The van der Waals surface area contributed by atoms with Crippen molar-refractivity contribution in [3.63, 3.8) is 0 Å². The van der Waals surface area contributed by atoms with Crippen LogP contribution in [0.25, 0.3) is 10.9 Å². The van der Waals surface area contributed by atoms with Crippen LogP contribution in [0.4, 0.5) is 0 Å². The maximum atomic E-state index is 11.5. The Kier molecular flexibility index (Phi) is 5.02. The van der Waals surface area contributed by atoms with Gasteiger partial charge in [-0.15, -0.1) is 0 Å². The van der Waals surface area contributed by atoms with Gasteiger partial charge in [-0.1, -0.05) is 0 Å². The number of carbonyl (C=O) groups is 1. The first-order valence-corrected chi connectivity index (χ1v) is 8.15. The Balaban J connectivity index is 2.17. The van der Waals surface area contributed by atoms with Gasteiger partial charge in [0.1, 0.15) is 17.2 Å². The summed E-state index contributed by atoms with van der Waals surface area (Å²) in [6, 6.07) is 11.1. The quantitative estimate of drug-likeness (QED) is 0.674. The number of nitrogens with one attached hydrogen (secondary N) is 1. The fourth-order valence-electron chi connectivity index (χ4n) is 3.15. The van der Waals surface area contributed by atoms with E-state index in [1.807, 2.05) is 36.5 Å². The summed E-state index contributed by atoms with van der Waals surface area (Å²) in [7, 11) is 4.75. The van der Waals surface area contributed by atoms with E-state index >= 15 is 0 Å². The molecule has 0 amide bonds. The van der Waals surface area contributed by atoms with Crippen molar-refractivity contribution in [1.29, 1.82) is 0 Å². The minimum Gasteiger partial charge on any atom is -0.497 e. The van der Waals surface area contributed by atoms with Crippen molar-refractivity contribution < 1.29 is 24.1 Å². The Morgan fingerprint density at radius 3 is 2.23 bits per heavy atom. The third-order valence-electron chi connectivity index (χ3n) is 4.45. The van der Waals surface area contributed by atoms with Gasteiger partial charge in [-0.25, -0.2) is 0 Å². The Labute approximate surface area is 151 Å². The van der Waals surface area contributed by atoms with E-state index in [-0.39, 0.29) is 12.3 Å². The predicted octanol–water partition coefficient (Wildman–Crippen LogP) is 3.80. The maximum absolute atomic E-state index is 11.5. The van der Waals surface area contributed by atoms with E-state index in [1.165, 1.54) is 0 Å². The first-order chi connectivity index (χ1) is 12.5. The summed E-state index contributed by atoms with van der Waals surface area (Å²) in [5.74, 6) is 0.710. The van der Waals surface area contributed by atoms with Gasteiger partial charge in [0.25, 0.3) is 0 Å². The first kappa shape index (κ1) is 17.7. The number of carboxylic acids is 1. The van der Waals surface area contributed by atoms with Crippen LogP contribution < -0.4 is 14.2 Å². The van der Waals surface area contributed by atoms with Gasteiger partial charge >= 0.3 is 5.97 Å². The van der Waals surface area contributed by atoms with Crippen LogP contribution in [0.15, 0.2) is 42.6 Å². The normalized spacial score (nSPS) is 12.0. The SMILES string of the molecule is COc1cc(OC)cc(C(CC(=O)O)c2c[nH]c3ccc(OC)cc23)c1. The molecule has 2 aromatic carbocycles. The van der Waals surface area contributed by atoms with Crippen LogP contribution in [0.5, 0.6) is 17.2 Å². The molecular weight excluding hydrogens is 334 g/mol. The van der Waals surface area contributed by atoms with Crippen molar-refractivity contribution in [3.8, 4) is 17.2 Å². The Hall–Kier alpha value is -3.15. The lowest BCUT2D eigenvalue weighted by Crippen LogP contribution is -2.08. The fraction of sp³-hybridized carbons (Fsp3) is 0.250. The number of aliphatic carboxylic acids is 1. The van der Waals surface area contributed by atoms with Crippen LogP contribution in [-0.2, 0) is 4.79 Å². The van der Waals surface area contributed by atoms with Crippen LogP contribution >= 0.6 is 0 Å². The van der Waals surface area contributed by atoms with E-state index in [2.05, 4.69) is 4.98 Å². The van der Waals surface area contributed by atoms with E-state index in [0.717, 1.165) is 27.8 Å². The molecule has 0 radical (unpaired) electrons. The van der Waals surface area contributed by atoms with Crippen LogP contribution in [-0.4, -0.2) is 37.4 Å². The van der Waals surface area contributed by atoms with E-state index in [0.29, 0.717) is 11.5 Å². The number of hydrogen-bond acceptors (Lipinski definition) is 4. The summed E-state index contributed by atoms with van der Waals surface area (Å²) >= 11 is 0. The number of carboxylic acid groups (broad SMARTS) is 1. The molecule has 0 spiro atoms. The number of methoxy groups -OCH3 is 3. The largest absolute Gasteiger partial charge is 0.497 e. The molecule has 0 bridgehead atoms. The molecule has 26 heavy (non-hydrogen) atoms. The van der Waals surface area contributed by atoms with Crippen molar-refractivity contribution >= 4 is 16.9 Å². The van der Waals surface area contributed by atoms with E-state index < -0.39 is 5.97 Å². The van der Waals surface area contributed by atoms with E-state index in [4.69, 9.17) is 14.2 Å². The van der Waals surface area contributed by atoms with Crippen LogP contribution in [0.1, 0.15) is 23.5 Å². The molecule has 1 aromatic heterocycles. The molecule has 2 N–H and O–H groups in total. The third-order valence-corrected chi connectivity index (χ3v) is 4.45. The number of hydrogen-bond donors (Lipinski definition) is 2. The lowest BCUT2D eigenvalue weighted by atomic mass is 9.88. The summed E-state index contributed by atoms with van der Waals surface area (Å²) in [5.41, 5.74) is 2.62. The number of H-pyrrole nitrogens is 1. The minimum atomic E-state index is -0.881. The van der Waals surface area contributed by atoms with Crippen LogP contribution in [0.3, 0.4) is 0 Å². The van der Waals surface area contributed by atoms with Gasteiger partial charge in [0.2, 0.25) is 0 Å². The molecule has 0 fully saturated rings. The topological polar surface area (TPSA) is 80.8 Å². The number of aromatic nitrogens is 1. The molecule has 1 atom stereocenters. The molecule has 3 aromatic rings. The second-order valence-corrected chi connectivity index (χ2v) is 5.95. The molecule has 0 aliphatic heterocycles. The Morgan fingerprint density at radius 2 is 1.65 bits per heavy atom. The highest BCUT2D eigenvalue weighted by Crippen LogP contribution is 2.37. The van der Waals surface area contributed by atoms with Gasteiger partial charge < -0.3 is 24.3 Å². The molecule has 136 valence electrons. The summed E-state index contributed by atoms with van der Waals surface area (Å²) in [6.07, 6.45) is 1.80. The monoisotopic (exact) mass is 355 g/mol. The average molecular weight is 355 g/mol. The summed E-state index contributed by atoms with van der Waals surface area (Å²) in [6.45, 7) is 0. The van der Waals surface area contributed by atoms with Crippen molar-refractivity contribution in [2.24, 2.45) is 0 Å². The van der Waals surface area contributed by atoms with E-state index in [1.54, 1.807) is 27.4 Å². The molecule has 0 aliphatic carbocycles. The van der Waals surface area contributed by atoms with Gasteiger partial charge in [0.05, 0.1) is 27.8 Å². The zero-order valence-electron chi connectivity index (χ0n) is 14.9. The van der Waals surface area contributed by atoms with Crippen LogP contribution in [0, 0.1) is 0 Å². The standard InChI is InChI=1S/C20H21NO5/c1-24-13-4-5-19-17(9-13)18(11-21-19)16(10-20(22)23)12-6-14(25-2)8-15(7-12)26-3/h4-9,11,16,21H,10H2,1-3H3,(H,22,23). The molecule has 6 nitrogen and oxygen atoms in total. The third kappa shape index (κ3) is 3.44. The molecule has 1 unspecified atom stereocenters. The predicted molar refractivity (Wildman–Crippen MR) is 98.5 cm³/mol. The lowest BCUT2D eigenvalue weighted by molar-refractivity contribution is -0.137. The smallest absolute Gasteiger partial charge is 0.304 e. The Morgan fingerprint density at radius 1 is 1.00 bits per heavy atom. The summed E-state index contributed by atoms with van der Waals surface area (Å²) in [4.78, 5) is 14.8. The van der Waals surface area contributed by atoms with Crippen LogP contribution in [0.2, 0.25) is 0 Å². The number of rotatable bonds is 7. The van der Waals surface area contributed by atoms with Crippen molar-refractivity contribution in [2.45, 2.75) is 12.3 Å².